The molecule has 1 unspecified atom stereocenters. The number of methoxy groups -OCH3 is 1. The minimum Gasteiger partial charge on any atom is -0.507 e. The maximum Gasteiger partial charge on any atom is 0.133 e. The van der Waals surface area contributed by atoms with Crippen molar-refractivity contribution in [2.45, 2.75) is 12.5 Å². The summed E-state index contributed by atoms with van der Waals surface area (Å²) in [5.74, 6) is 0.0889. The zero-order valence-corrected chi connectivity index (χ0v) is 6.64. The van der Waals surface area contributed by atoms with Crippen LogP contribution in [0.3, 0.4) is 0 Å². The molecule has 0 radical (unpaired) electrons. The number of aliphatic hydroxyl groups is 1. The van der Waals surface area contributed by atoms with Crippen molar-refractivity contribution >= 4 is 11.6 Å². The van der Waals surface area contributed by atoms with Gasteiger partial charge >= 0.3 is 0 Å². The third-order valence-electron chi connectivity index (χ3n) is 1.52. The summed E-state index contributed by atoms with van der Waals surface area (Å²) in [5, 5.41) is 9.40. The van der Waals surface area contributed by atoms with Gasteiger partial charge in [-0.3, -0.25) is 0 Å². The molecule has 10 heavy (non-hydrogen) atoms. The quantitative estimate of drug-likeness (QED) is 0.636. The number of ether oxygens (including phenoxy) is 1. The minimum absolute atomic E-state index is 0.0889. The van der Waals surface area contributed by atoms with E-state index in [0.717, 1.165) is 0 Å². The van der Waals surface area contributed by atoms with Crippen LogP contribution in [-0.2, 0) is 4.74 Å². The van der Waals surface area contributed by atoms with Crippen LogP contribution in [0.4, 0.5) is 0 Å². The summed E-state index contributed by atoms with van der Waals surface area (Å²) in [6.45, 7) is 1.82. The Morgan fingerprint density at radius 3 is 2.40 bits per heavy atom. The van der Waals surface area contributed by atoms with Crippen LogP contribution in [0.5, 0.6) is 0 Å². The third kappa shape index (κ3) is 1.18. The average Bonchev–Trinajstić information content (AvgIpc) is 2.10. The van der Waals surface area contributed by atoms with Crippen molar-refractivity contribution < 1.29 is 9.84 Å². The Bertz CT molecular complexity index is 188. The van der Waals surface area contributed by atoms with Crippen LogP contribution in [0.25, 0.3) is 0 Å². The fourth-order valence-electron chi connectivity index (χ4n) is 0.825. The van der Waals surface area contributed by atoms with Crippen LogP contribution in [-0.4, -0.2) is 17.8 Å². The predicted octanol–water partition coefficient (Wildman–Crippen LogP) is 1.97. The Balaban J connectivity index is 2.91. The molecule has 1 N–H and O–H groups in total. The SMILES string of the molecule is COC1(C)C=C(O)C(Cl)=C1. The monoisotopic (exact) mass is 160 g/mol. The second-order valence-electron chi connectivity index (χ2n) is 2.41. The van der Waals surface area contributed by atoms with Gasteiger partial charge in [0.05, 0.1) is 5.03 Å². The zero-order valence-electron chi connectivity index (χ0n) is 5.89. The highest BCUT2D eigenvalue weighted by Crippen LogP contribution is 2.29. The minimum atomic E-state index is -0.527. The van der Waals surface area contributed by atoms with E-state index in [4.69, 9.17) is 21.4 Å². The molecular weight excluding hydrogens is 152 g/mol. The van der Waals surface area contributed by atoms with Crippen LogP contribution in [0.15, 0.2) is 22.9 Å². The fraction of sp³-hybridized carbons (Fsp3) is 0.429. The summed E-state index contributed by atoms with van der Waals surface area (Å²) in [6, 6.07) is 0. The van der Waals surface area contributed by atoms with Crippen molar-refractivity contribution in [3.63, 3.8) is 0 Å². The Hall–Kier alpha value is -0.470. The Morgan fingerprint density at radius 2 is 2.20 bits per heavy atom. The lowest BCUT2D eigenvalue weighted by Crippen LogP contribution is -2.18. The van der Waals surface area contributed by atoms with Gasteiger partial charge in [0.1, 0.15) is 11.4 Å². The van der Waals surface area contributed by atoms with E-state index in [1.54, 1.807) is 19.3 Å². The first-order valence-corrected chi connectivity index (χ1v) is 3.31. The van der Waals surface area contributed by atoms with Gasteiger partial charge in [0.2, 0.25) is 0 Å². The van der Waals surface area contributed by atoms with E-state index >= 15 is 0 Å². The molecule has 1 aliphatic carbocycles. The third-order valence-corrected chi connectivity index (χ3v) is 1.82. The maximum absolute atomic E-state index is 9.05. The van der Waals surface area contributed by atoms with E-state index in [2.05, 4.69) is 0 Å². The van der Waals surface area contributed by atoms with E-state index in [9.17, 15) is 0 Å². The molecule has 0 saturated heterocycles. The van der Waals surface area contributed by atoms with Gasteiger partial charge in [0, 0.05) is 7.11 Å². The fourth-order valence-corrected chi connectivity index (χ4v) is 1.10. The molecule has 0 aromatic rings. The van der Waals surface area contributed by atoms with Crippen LogP contribution in [0, 0.1) is 0 Å². The van der Waals surface area contributed by atoms with Crippen molar-refractivity contribution in [1.82, 2.24) is 0 Å². The van der Waals surface area contributed by atoms with E-state index in [1.165, 1.54) is 0 Å². The first-order chi connectivity index (χ1) is 4.57. The van der Waals surface area contributed by atoms with E-state index in [1.807, 2.05) is 6.92 Å². The first kappa shape index (κ1) is 7.63. The van der Waals surface area contributed by atoms with Crippen molar-refractivity contribution in [1.29, 1.82) is 0 Å². The molecule has 0 aromatic heterocycles. The number of hydrogen-bond acceptors (Lipinski definition) is 2. The lowest BCUT2D eigenvalue weighted by Gasteiger charge is -2.15. The molecule has 56 valence electrons. The molecule has 0 saturated carbocycles. The molecule has 2 nitrogen and oxygen atoms in total. The Kier molecular flexibility index (Phi) is 1.75. The van der Waals surface area contributed by atoms with Gasteiger partial charge < -0.3 is 9.84 Å². The largest absolute Gasteiger partial charge is 0.507 e. The Morgan fingerprint density at radius 1 is 1.60 bits per heavy atom. The van der Waals surface area contributed by atoms with Gasteiger partial charge in [-0.05, 0) is 19.1 Å². The number of allylic oxidation sites excluding steroid dienone is 1. The molecule has 0 aliphatic heterocycles. The van der Waals surface area contributed by atoms with Crippen LogP contribution >= 0.6 is 11.6 Å². The molecule has 1 rings (SSSR count). The number of hydrogen-bond donors (Lipinski definition) is 1. The highest BCUT2D eigenvalue weighted by atomic mass is 35.5. The van der Waals surface area contributed by atoms with Crippen LogP contribution in [0.2, 0.25) is 0 Å². The van der Waals surface area contributed by atoms with Gasteiger partial charge in [0.25, 0.3) is 0 Å². The predicted molar refractivity (Wildman–Crippen MR) is 40.1 cm³/mol. The Labute approximate surface area is 64.8 Å². The summed E-state index contributed by atoms with van der Waals surface area (Å²) >= 11 is 5.59. The number of halogens is 1. The maximum atomic E-state index is 9.05. The van der Waals surface area contributed by atoms with Gasteiger partial charge in [0.15, 0.2) is 0 Å². The van der Waals surface area contributed by atoms with E-state index < -0.39 is 5.60 Å². The summed E-state index contributed by atoms with van der Waals surface area (Å²) in [7, 11) is 1.57. The summed E-state index contributed by atoms with van der Waals surface area (Å²) in [6.07, 6.45) is 3.22. The van der Waals surface area contributed by atoms with Crippen molar-refractivity contribution in [3.8, 4) is 0 Å². The highest BCUT2D eigenvalue weighted by molar-refractivity contribution is 6.32. The summed E-state index contributed by atoms with van der Waals surface area (Å²) in [5.41, 5.74) is -0.527. The standard InChI is InChI=1S/C7H9ClO2/c1-7(10-2)3-5(8)6(9)4-7/h3-4,9H,1-2H3. The lowest BCUT2D eigenvalue weighted by molar-refractivity contribution is 0.0914. The summed E-state index contributed by atoms with van der Waals surface area (Å²) in [4.78, 5) is 0. The molecule has 1 aliphatic rings. The average molecular weight is 161 g/mol. The first-order valence-electron chi connectivity index (χ1n) is 2.93. The second-order valence-corrected chi connectivity index (χ2v) is 2.82. The van der Waals surface area contributed by atoms with Crippen molar-refractivity contribution in [2.24, 2.45) is 0 Å². The number of aliphatic hydroxyl groups excluding tert-OH is 1. The topological polar surface area (TPSA) is 29.5 Å². The lowest BCUT2D eigenvalue weighted by atomic mass is 10.1. The zero-order chi connectivity index (χ0) is 7.78. The summed E-state index contributed by atoms with van der Waals surface area (Å²) < 4.78 is 5.04. The number of rotatable bonds is 1. The molecule has 0 aromatic carbocycles. The van der Waals surface area contributed by atoms with Gasteiger partial charge in [-0.25, -0.2) is 0 Å². The molecular formula is C7H9ClO2. The molecule has 0 fully saturated rings. The van der Waals surface area contributed by atoms with Gasteiger partial charge in [-0.15, -0.1) is 0 Å². The smallest absolute Gasteiger partial charge is 0.133 e. The van der Waals surface area contributed by atoms with Crippen LogP contribution in [0.1, 0.15) is 6.92 Å². The second kappa shape index (κ2) is 2.29. The van der Waals surface area contributed by atoms with Crippen LogP contribution < -0.4 is 0 Å². The molecule has 0 spiro atoms. The molecule has 0 amide bonds. The normalized spacial score (nSPS) is 31.9. The van der Waals surface area contributed by atoms with Crippen molar-refractivity contribution in [2.75, 3.05) is 7.11 Å². The molecule has 3 heteroatoms. The van der Waals surface area contributed by atoms with Crippen molar-refractivity contribution in [3.05, 3.63) is 22.9 Å². The molecule has 0 bridgehead atoms. The molecule has 1 atom stereocenters. The highest BCUT2D eigenvalue weighted by Gasteiger charge is 2.26. The van der Waals surface area contributed by atoms with Gasteiger partial charge in [-0.1, -0.05) is 11.6 Å². The van der Waals surface area contributed by atoms with Gasteiger partial charge in [-0.2, -0.15) is 0 Å². The molecule has 0 heterocycles. The van der Waals surface area contributed by atoms with E-state index in [-0.39, 0.29) is 5.76 Å². The van der Waals surface area contributed by atoms with E-state index in [0.29, 0.717) is 5.03 Å².